The molecule has 0 aliphatic rings. The average molecular weight is 389 g/mol. The molecule has 7 heteroatoms. The summed E-state index contributed by atoms with van der Waals surface area (Å²) in [7, 11) is 0. The van der Waals surface area contributed by atoms with Crippen LogP contribution in [0.1, 0.15) is 52.6 Å². The summed E-state index contributed by atoms with van der Waals surface area (Å²) in [6, 6.07) is 10.0. The molecule has 3 aromatic heterocycles. The number of fused-ring (bicyclic) bond motifs is 1. The van der Waals surface area contributed by atoms with Gasteiger partial charge in [0, 0.05) is 31.2 Å². The lowest BCUT2D eigenvalue weighted by atomic mass is 10.0. The van der Waals surface area contributed by atoms with E-state index in [1.165, 1.54) is 5.56 Å². The molecule has 148 valence electrons. The van der Waals surface area contributed by atoms with E-state index in [1.54, 1.807) is 12.5 Å². The van der Waals surface area contributed by atoms with E-state index in [9.17, 15) is 4.79 Å². The first kappa shape index (κ1) is 18.9. The Morgan fingerprint density at radius 1 is 1.21 bits per heavy atom. The Morgan fingerprint density at radius 3 is 2.66 bits per heavy atom. The van der Waals surface area contributed by atoms with Gasteiger partial charge in [-0.1, -0.05) is 43.3 Å². The third-order valence-electron chi connectivity index (χ3n) is 4.87. The van der Waals surface area contributed by atoms with Gasteiger partial charge in [-0.25, -0.2) is 9.97 Å². The maximum absolute atomic E-state index is 12.9. The number of nitrogens with one attached hydrogen (secondary N) is 1. The summed E-state index contributed by atoms with van der Waals surface area (Å²) in [5, 5.41) is 7.65. The lowest BCUT2D eigenvalue weighted by Crippen LogP contribution is -2.23. The molecule has 4 aromatic rings. The van der Waals surface area contributed by atoms with Crippen LogP contribution >= 0.6 is 0 Å². The van der Waals surface area contributed by atoms with Gasteiger partial charge in [-0.2, -0.15) is 0 Å². The van der Waals surface area contributed by atoms with Gasteiger partial charge >= 0.3 is 0 Å². The van der Waals surface area contributed by atoms with E-state index in [4.69, 9.17) is 4.52 Å². The lowest BCUT2D eigenvalue weighted by Gasteiger charge is -2.10. The molecule has 3 heterocycles. The van der Waals surface area contributed by atoms with Gasteiger partial charge in [0.05, 0.1) is 23.0 Å². The fourth-order valence-corrected chi connectivity index (χ4v) is 3.22. The first-order chi connectivity index (χ1) is 14.0. The number of benzene rings is 1. The van der Waals surface area contributed by atoms with Crippen LogP contribution in [-0.2, 0) is 13.1 Å². The number of carbonyl (C=O) groups is 1. The Bertz CT molecular complexity index is 1130. The summed E-state index contributed by atoms with van der Waals surface area (Å²) >= 11 is 0. The number of rotatable bonds is 6. The molecule has 1 N–H and O–H groups in total. The van der Waals surface area contributed by atoms with E-state index < -0.39 is 0 Å². The van der Waals surface area contributed by atoms with Gasteiger partial charge < -0.3 is 14.4 Å². The smallest absolute Gasteiger partial charge is 0.259 e. The topological polar surface area (TPSA) is 85.8 Å². The summed E-state index contributed by atoms with van der Waals surface area (Å²) in [4.78, 5) is 21.5. The van der Waals surface area contributed by atoms with Gasteiger partial charge in [0.1, 0.15) is 0 Å². The van der Waals surface area contributed by atoms with Crippen LogP contribution in [0.4, 0.5) is 0 Å². The van der Waals surface area contributed by atoms with Crippen LogP contribution in [0.25, 0.3) is 11.1 Å². The number of amides is 1. The van der Waals surface area contributed by atoms with Crippen molar-refractivity contribution in [1.82, 2.24) is 25.0 Å². The SMILES string of the molecule is Cc1noc2nc(C(C)C)cc(C(=O)NCc3ccc(Cn4ccnc4)cc3)c12. The zero-order chi connectivity index (χ0) is 20.4. The monoisotopic (exact) mass is 389 g/mol. The summed E-state index contributed by atoms with van der Waals surface area (Å²) in [5.74, 6) is 0.0208. The van der Waals surface area contributed by atoms with Gasteiger partial charge in [0.25, 0.3) is 11.6 Å². The van der Waals surface area contributed by atoms with Gasteiger partial charge in [-0.3, -0.25) is 4.79 Å². The van der Waals surface area contributed by atoms with Crippen molar-refractivity contribution in [2.24, 2.45) is 0 Å². The number of hydrogen-bond acceptors (Lipinski definition) is 5. The third kappa shape index (κ3) is 4.03. The number of aryl methyl sites for hydroxylation is 1. The Hall–Kier alpha value is -3.48. The van der Waals surface area contributed by atoms with Crippen LogP contribution in [0.15, 0.2) is 53.6 Å². The highest BCUT2D eigenvalue weighted by atomic mass is 16.5. The van der Waals surface area contributed by atoms with Crippen LogP contribution in [0.2, 0.25) is 0 Å². The molecule has 0 radical (unpaired) electrons. The van der Waals surface area contributed by atoms with Crippen LogP contribution in [0.3, 0.4) is 0 Å². The molecule has 0 fully saturated rings. The van der Waals surface area contributed by atoms with Gasteiger partial charge in [0.15, 0.2) is 0 Å². The first-order valence-electron chi connectivity index (χ1n) is 9.60. The number of imidazole rings is 1. The number of pyridine rings is 1. The highest BCUT2D eigenvalue weighted by molar-refractivity contribution is 6.06. The normalized spacial score (nSPS) is 11.3. The van der Waals surface area contributed by atoms with E-state index in [1.807, 2.05) is 49.7 Å². The standard InChI is InChI=1S/C22H23N5O2/c1-14(2)19-10-18(20-15(3)26-29-22(20)25-19)21(28)24-11-16-4-6-17(7-5-16)12-27-9-8-23-13-27/h4-10,13-14H,11-12H2,1-3H3,(H,24,28). The predicted molar refractivity (Wildman–Crippen MR) is 110 cm³/mol. The largest absolute Gasteiger partial charge is 0.348 e. The number of hydrogen-bond donors (Lipinski definition) is 1. The fraction of sp³-hybridized carbons (Fsp3) is 0.273. The molecule has 1 amide bonds. The molecular formula is C22H23N5O2. The fourth-order valence-electron chi connectivity index (χ4n) is 3.22. The van der Waals surface area contributed by atoms with E-state index in [2.05, 4.69) is 32.6 Å². The molecular weight excluding hydrogens is 366 g/mol. The minimum absolute atomic E-state index is 0.159. The Kier molecular flexibility index (Phi) is 5.12. The number of carbonyl (C=O) groups excluding carboxylic acids is 1. The summed E-state index contributed by atoms with van der Waals surface area (Å²) < 4.78 is 7.31. The van der Waals surface area contributed by atoms with Crippen LogP contribution < -0.4 is 5.32 Å². The molecule has 7 nitrogen and oxygen atoms in total. The molecule has 29 heavy (non-hydrogen) atoms. The highest BCUT2D eigenvalue weighted by Crippen LogP contribution is 2.25. The molecule has 1 aromatic carbocycles. The van der Waals surface area contributed by atoms with Gasteiger partial charge in [0.2, 0.25) is 0 Å². The maximum atomic E-state index is 12.9. The van der Waals surface area contributed by atoms with Crippen molar-refractivity contribution in [3.05, 3.63) is 77.1 Å². The highest BCUT2D eigenvalue weighted by Gasteiger charge is 2.19. The van der Waals surface area contributed by atoms with Crippen molar-refractivity contribution in [1.29, 1.82) is 0 Å². The lowest BCUT2D eigenvalue weighted by molar-refractivity contribution is 0.0952. The number of aromatic nitrogens is 4. The second kappa shape index (κ2) is 7.87. The molecule has 0 unspecified atom stereocenters. The molecule has 0 atom stereocenters. The molecule has 0 aliphatic carbocycles. The van der Waals surface area contributed by atoms with E-state index in [0.29, 0.717) is 28.9 Å². The number of nitrogens with zero attached hydrogens (tertiary/aromatic N) is 4. The second-order valence-corrected chi connectivity index (χ2v) is 7.43. The maximum Gasteiger partial charge on any atom is 0.259 e. The molecule has 0 saturated carbocycles. The Balaban J connectivity index is 1.49. The summed E-state index contributed by atoms with van der Waals surface area (Å²) in [5.41, 5.74) is 4.64. The molecule has 0 saturated heterocycles. The van der Waals surface area contributed by atoms with Crippen LogP contribution in [0, 0.1) is 6.92 Å². The Morgan fingerprint density at radius 2 is 1.97 bits per heavy atom. The minimum atomic E-state index is -0.159. The van der Waals surface area contributed by atoms with Crippen LogP contribution in [-0.4, -0.2) is 25.6 Å². The quantitative estimate of drug-likeness (QED) is 0.542. The third-order valence-corrected chi connectivity index (χ3v) is 4.87. The van der Waals surface area contributed by atoms with E-state index in [0.717, 1.165) is 17.8 Å². The Labute approximate surface area is 168 Å². The average Bonchev–Trinajstić information content (AvgIpc) is 3.36. The van der Waals surface area contributed by atoms with E-state index in [-0.39, 0.29) is 11.8 Å². The van der Waals surface area contributed by atoms with Gasteiger partial charge in [-0.15, -0.1) is 0 Å². The molecule has 4 rings (SSSR count). The predicted octanol–water partition coefficient (Wildman–Crippen LogP) is 3.83. The van der Waals surface area contributed by atoms with Crippen molar-refractivity contribution < 1.29 is 9.32 Å². The zero-order valence-corrected chi connectivity index (χ0v) is 16.7. The van der Waals surface area contributed by atoms with Crippen molar-refractivity contribution in [2.75, 3.05) is 0 Å². The van der Waals surface area contributed by atoms with Gasteiger partial charge in [-0.05, 0) is 30.0 Å². The molecule has 0 spiro atoms. The van der Waals surface area contributed by atoms with Crippen LogP contribution in [0.5, 0.6) is 0 Å². The van der Waals surface area contributed by atoms with E-state index >= 15 is 0 Å². The second-order valence-electron chi connectivity index (χ2n) is 7.43. The summed E-state index contributed by atoms with van der Waals surface area (Å²) in [6.45, 7) is 7.09. The van der Waals surface area contributed by atoms with Crippen molar-refractivity contribution >= 4 is 17.0 Å². The van der Waals surface area contributed by atoms with Crippen molar-refractivity contribution in [3.63, 3.8) is 0 Å². The van der Waals surface area contributed by atoms with Crippen molar-refractivity contribution in [2.45, 2.75) is 39.8 Å². The molecule has 0 bridgehead atoms. The summed E-state index contributed by atoms with van der Waals surface area (Å²) in [6.07, 6.45) is 5.49. The minimum Gasteiger partial charge on any atom is -0.348 e. The zero-order valence-electron chi connectivity index (χ0n) is 16.7. The molecule has 0 aliphatic heterocycles. The van der Waals surface area contributed by atoms with Crippen molar-refractivity contribution in [3.8, 4) is 0 Å². The first-order valence-corrected chi connectivity index (χ1v) is 9.60.